The highest BCUT2D eigenvalue weighted by Crippen LogP contribution is 2.23. The fourth-order valence-electron chi connectivity index (χ4n) is 3.08. The van der Waals surface area contributed by atoms with Crippen molar-refractivity contribution in [3.8, 4) is 0 Å². The fourth-order valence-corrected chi connectivity index (χ4v) is 3.78. The van der Waals surface area contributed by atoms with Gasteiger partial charge < -0.3 is 14.7 Å². The van der Waals surface area contributed by atoms with Gasteiger partial charge >= 0.3 is 0 Å². The van der Waals surface area contributed by atoms with E-state index in [4.69, 9.17) is 4.74 Å². The molecule has 24 heavy (non-hydrogen) atoms. The third-order valence-electron chi connectivity index (χ3n) is 4.44. The summed E-state index contributed by atoms with van der Waals surface area (Å²) < 4.78 is 5.55. The predicted molar refractivity (Wildman–Crippen MR) is 95.0 cm³/mol. The molecule has 1 saturated heterocycles. The van der Waals surface area contributed by atoms with E-state index in [1.807, 2.05) is 40.6 Å². The molecule has 2 aromatic rings. The summed E-state index contributed by atoms with van der Waals surface area (Å²) in [4.78, 5) is 14.5. The maximum atomic E-state index is 12.6. The van der Waals surface area contributed by atoms with E-state index in [-0.39, 0.29) is 11.9 Å². The molecular formula is C19H23NO3S. The van der Waals surface area contributed by atoms with Crippen molar-refractivity contribution < 1.29 is 14.6 Å². The van der Waals surface area contributed by atoms with Crippen molar-refractivity contribution >= 4 is 17.2 Å². The molecule has 0 unspecified atom stereocenters. The van der Waals surface area contributed by atoms with E-state index in [1.54, 1.807) is 11.3 Å². The van der Waals surface area contributed by atoms with Crippen LogP contribution in [0.15, 0.2) is 47.2 Å². The van der Waals surface area contributed by atoms with Crippen LogP contribution in [-0.4, -0.2) is 41.7 Å². The maximum Gasteiger partial charge on any atom is 0.223 e. The number of benzene rings is 1. The lowest BCUT2D eigenvalue weighted by Gasteiger charge is -2.37. The Balaban J connectivity index is 1.59. The number of carbonyl (C=O) groups excluding carboxylic acids is 1. The summed E-state index contributed by atoms with van der Waals surface area (Å²) in [5, 5.41) is 14.6. The first kappa shape index (κ1) is 17.1. The largest absolute Gasteiger partial charge is 0.388 e. The summed E-state index contributed by atoms with van der Waals surface area (Å²) in [5.41, 5.74) is 2.09. The van der Waals surface area contributed by atoms with Gasteiger partial charge in [-0.25, -0.2) is 0 Å². The lowest BCUT2D eigenvalue weighted by molar-refractivity contribution is -0.141. The van der Waals surface area contributed by atoms with Crippen LogP contribution in [0.2, 0.25) is 0 Å². The summed E-state index contributed by atoms with van der Waals surface area (Å²) >= 11 is 1.66. The molecule has 0 bridgehead atoms. The fraction of sp³-hybridized carbons (Fsp3) is 0.421. The van der Waals surface area contributed by atoms with Gasteiger partial charge in [-0.15, -0.1) is 0 Å². The Morgan fingerprint density at radius 1 is 1.33 bits per heavy atom. The molecule has 1 amide bonds. The van der Waals surface area contributed by atoms with Gasteiger partial charge in [-0.05, 0) is 34.4 Å². The number of carbonyl (C=O) groups is 1. The van der Waals surface area contributed by atoms with Crippen molar-refractivity contribution in [1.29, 1.82) is 0 Å². The molecule has 4 nitrogen and oxygen atoms in total. The SMILES string of the molecule is O=C(CCc1ccsc1)N1CCOC[C@H]1C[C@@H](O)c1ccccc1. The number of morpholine rings is 1. The first-order chi connectivity index (χ1) is 11.7. The van der Waals surface area contributed by atoms with Crippen LogP contribution in [0.1, 0.15) is 30.1 Å². The summed E-state index contributed by atoms with van der Waals surface area (Å²) in [6.07, 6.45) is 1.21. The summed E-state index contributed by atoms with van der Waals surface area (Å²) in [6, 6.07) is 11.6. The molecule has 2 heterocycles. The molecule has 0 aliphatic carbocycles. The zero-order valence-corrected chi connectivity index (χ0v) is 14.5. The second-order valence-electron chi connectivity index (χ2n) is 6.11. The van der Waals surface area contributed by atoms with E-state index in [1.165, 1.54) is 5.56 Å². The topological polar surface area (TPSA) is 49.8 Å². The summed E-state index contributed by atoms with van der Waals surface area (Å²) in [6.45, 7) is 1.67. The van der Waals surface area contributed by atoms with Crippen LogP contribution in [0.3, 0.4) is 0 Å². The minimum Gasteiger partial charge on any atom is -0.388 e. The first-order valence-corrected chi connectivity index (χ1v) is 9.29. The van der Waals surface area contributed by atoms with Crippen LogP contribution in [0.25, 0.3) is 0 Å². The molecule has 1 aliphatic rings. The Morgan fingerprint density at radius 3 is 2.92 bits per heavy atom. The molecule has 3 rings (SSSR count). The van der Waals surface area contributed by atoms with Gasteiger partial charge in [0.2, 0.25) is 5.91 Å². The van der Waals surface area contributed by atoms with Gasteiger partial charge in [-0.3, -0.25) is 4.79 Å². The van der Waals surface area contributed by atoms with E-state index in [0.717, 1.165) is 12.0 Å². The van der Waals surface area contributed by atoms with Crippen LogP contribution in [0.4, 0.5) is 0 Å². The number of ether oxygens (including phenoxy) is 1. The number of aliphatic hydroxyl groups excluding tert-OH is 1. The van der Waals surface area contributed by atoms with E-state index >= 15 is 0 Å². The number of aliphatic hydroxyl groups is 1. The van der Waals surface area contributed by atoms with E-state index < -0.39 is 6.10 Å². The Morgan fingerprint density at radius 2 is 2.17 bits per heavy atom. The van der Waals surface area contributed by atoms with Gasteiger partial charge in [0.15, 0.2) is 0 Å². The van der Waals surface area contributed by atoms with E-state index in [2.05, 4.69) is 11.4 Å². The highest BCUT2D eigenvalue weighted by molar-refractivity contribution is 7.07. The molecule has 0 saturated carbocycles. The van der Waals surface area contributed by atoms with Crippen molar-refractivity contribution in [2.24, 2.45) is 0 Å². The number of nitrogens with zero attached hydrogens (tertiary/aromatic N) is 1. The molecule has 1 fully saturated rings. The van der Waals surface area contributed by atoms with Crippen molar-refractivity contribution in [2.45, 2.75) is 31.4 Å². The molecule has 5 heteroatoms. The average Bonchev–Trinajstić information content (AvgIpc) is 3.14. The normalized spacial score (nSPS) is 19.2. The molecule has 0 radical (unpaired) electrons. The molecule has 1 aromatic heterocycles. The third-order valence-corrected chi connectivity index (χ3v) is 5.17. The molecule has 1 aliphatic heterocycles. The minimum atomic E-state index is -0.579. The molecular weight excluding hydrogens is 322 g/mol. The second-order valence-corrected chi connectivity index (χ2v) is 6.89. The Labute approximate surface area is 146 Å². The Hall–Kier alpha value is -1.69. The van der Waals surface area contributed by atoms with E-state index in [9.17, 15) is 9.90 Å². The van der Waals surface area contributed by atoms with Crippen LogP contribution < -0.4 is 0 Å². The average molecular weight is 345 g/mol. The lowest BCUT2D eigenvalue weighted by Crippen LogP contribution is -2.49. The van der Waals surface area contributed by atoms with Gasteiger partial charge in [-0.2, -0.15) is 11.3 Å². The molecule has 1 aromatic carbocycles. The monoisotopic (exact) mass is 345 g/mol. The van der Waals surface area contributed by atoms with Gasteiger partial charge in [0.25, 0.3) is 0 Å². The molecule has 0 spiro atoms. The Kier molecular flexibility index (Phi) is 6.01. The first-order valence-electron chi connectivity index (χ1n) is 8.35. The van der Waals surface area contributed by atoms with Crippen molar-refractivity contribution in [3.05, 3.63) is 58.3 Å². The summed E-state index contributed by atoms with van der Waals surface area (Å²) in [5.74, 6) is 0.148. The van der Waals surface area contributed by atoms with Gasteiger partial charge in [-0.1, -0.05) is 30.3 Å². The van der Waals surface area contributed by atoms with Gasteiger partial charge in [0, 0.05) is 19.4 Å². The highest BCUT2D eigenvalue weighted by Gasteiger charge is 2.29. The number of hydrogen-bond acceptors (Lipinski definition) is 4. The second kappa shape index (κ2) is 8.42. The van der Waals surface area contributed by atoms with Crippen molar-refractivity contribution in [1.82, 2.24) is 4.90 Å². The minimum absolute atomic E-state index is 0.0658. The summed E-state index contributed by atoms with van der Waals surface area (Å²) in [7, 11) is 0. The number of thiophene rings is 1. The van der Waals surface area contributed by atoms with Gasteiger partial charge in [0.1, 0.15) is 0 Å². The zero-order valence-electron chi connectivity index (χ0n) is 13.6. The number of hydrogen-bond donors (Lipinski definition) is 1. The van der Waals surface area contributed by atoms with Crippen molar-refractivity contribution in [3.63, 3.8) is 0 Å². The number of rotatable bonds is 6. The molecule has 1 N–H and O–H groups in total. The third kappa shape index (κ3) is 4.44. The predicted octanol–water partition coefficient (Wildman–Crippen LogP) is 3.03. The Bertz CT molecular complexity index is 629. The van der Waals surface area contributed by atoms with Crippen LogP contribution in [0.5, 0.6) is 0 Å². The van der Waals surface area contributed by atoms with Crippen LogP contribution in [0, 0.1) is 0 Å². The highest BCUT2D eigenvalue weighted by atomic mass is 32.1. The quantitative estimate of drug-likeness (QED) is 0.875. The number of aryl methyl sites for hydroxylation is 1. The molecule has 128 valence electrons. The van der Waals surface area contributed by atoms with Crippen LogP contribution in [-0.2, 0) is 16.0 Å². The number of amides is 1. The maximum absolute atomic E-state index is 12.6. The van der Waals surface area contributed by atoms with Crippen LogP contribution >= 0.6 is 11.3 Å². The lowest BCUT2D eigenvalue weighted by atomic mass is 10.00. The smallest absolute Gasteiger partial charge is 0.223 e. The van der Waals surface area contributed by atoms with E-state index in [0.29, 0.717) is 32.6 Å². The standard InChI is InChI=1S/C19H23NO3S/c21-18(16-4-2-1-3-5-16)12-17-13-23-10-9-20(17)19(22)7-6-15-8-11-24-14-15/h1-5,8,11,14,17-18,21H,6-7,9-10,12-13H2/t17-,18-/m1/s1. The van der Waals surface area contributed by atoms with Crippen molar-refractivity contribution in [2.75, 3.05) is 19.8 Å². The zero-order chi connectivity index (χ0) is 16.8. The molecule has 2 atom stereocenters. The van der Waals surface area contributed by atoms with Gasteiger partial charge in [0.05, 0.1) is 25.4 Å².